The van der Waals surface area contributed by atoms with E-state index in [0.717, 1.165) is 41.7 Å². The molecule has 2 atom stereocenters. The van der Waals surface area contributed by atoms with Crippen molar-refractivity contribution in [1.82, 2.24) is 19.9 Å². The molecule has 10 heteroatoms. The van der Waals surface area contributed by atoms with Gasteiger partial charge in [-0.2, -0.15) is 13.2 Å². The van der Waals surface area contributed by atoms with Crippen molar-refractivity contribution in [3.63, 3.8) is 0 Å². The molecule has 1 saturated carbocycles. The largest absolute Gasteiger partial charge is 0.416 e. The second-order valence-electron chi connectivity index (χ2n) is 9.01. The summed E-state index contributed by atoms with van der Waals surface area (Å²) in [5.74, 6) is 0.721. The lowest BCUT2D eigenvalue weighted by atomic mass is 9.89. The van der Waals surface area contributed by atoms with Gasteiger partial charge >= 0.3 is 6.18 Å². The molecule has 3 N–H and O–H groups in total. The van der Waals surface area contributed by atoms with Gasteiger partial charge in [-0.05, 0) is 49.6 Å². The number of hydrogen-bond acceptors (Lipinski definition) is 6. The number of alkyl halides is 3. The lowest BCUT2D eigenvalue weighted by Gasteiger charge is -2.37. The second-order valence-corrected chi connectivity index (χ2v) is 9.01. The number of fused-ring (bicyclic) bond motifs is 1. The van der Waals surface area contributed by atoms with Gasteiger partial charge in [0.25, 0.3) is 0 Å². The van der Waals surface area contributed by atoms with E-state index in [1.54, 1.807) is 0 Å². The van der Waals surface area contributed by atoms with Gasteiger partial charge in [0.15, 0.2) is 0 Å². The summed E-state index contributed by atoms with van der Waals surface area (Å²) in [6.45, 7) is 1.60. The fourth-order valence-electron chi connectivity index (χ4n) is 4.49. The highest BCUT2D eigenvalue weighted by Gasteiger charge is 2.39. The van der Waals surface area contributed by atoms with Crippen LogP contribution in [0, 0.1) is 0 Å². The number of aliphatic hydroxyl groups is 2. The van der Waals surface area contributed by atoms with Crippen LogP contribution in [0.2, 0.25) is 0 Å². The average molecular weight is 461 g/mol. The molecule has 2 unspecified atom stereocenters. The molecule has 2 aromatic heterocycles. The van der Waals surface area contributed by atoms with Crippen LogP contribution >= 0.6 is 0 Å². The highest BCUT2D eigenvalue weighted by atomic mass is 19.4. The Morgan fingerprint density at radius 2 is 1.91 bits per heavy atom. The normalized spacial score (nSPS) is 23.7. The van der Waals surface area contributed by atoms with E-state index in [4.69, 9.17) is 0 Å². The first-order valence-corrected chi connectivity index (χ1v) is 11.1. The molecule has 2 aliphatic rings. The zero-order chi connectivity index (χ0) is 23.2. The molecule has 3 aromatic rings. The minimum Gasteiger partial charge on any atom is -0.389 e. The zero-order valence-corrected chi connectivity index (χ0v) is 18.0. The third-order valence-electron chi connectivity index (χ3n) is 6.57. The summed E-state index contributed by atoms with van der Waals surface area (Å²) in [4.78, 5) is 11.1. The standard InChI is InChI=1S/C23H26F3N5O2/c24-23(25,26)16-3-1-15(2-4-16)12-31(17-5-6-17)21-18-7-10-30(20(18)28-14-29-21)13-22(33)8-9-27-11-19(22)32/h1-4,7,10,14,17,19,27,32-33H,5-6,8-9,11-13H2. The monoisotopic (exact) mass is 461 g/mol. The molecular formula is C23H26F3N5O2. The van der Waals surface area contributed by atoms with Crippen molar-refractivity contribution in [3.05, 3.63) is 54.0 Å². The molecular weight excluding hydrogens is 435 g/mol. The van der Waals surface area contributed by atoms with E-state index in [1.807, 2.05) is 16.8 Å². The third-order valence-corrected chi connectivity index (χ3v) is 6.57. The summed E-state index contributed by atoms with van der Waals surface area (Å²) in [5.41, 5.74) is -0.493. The Hall–Kier alpha value is -2.69. The number of anilines is 1. The number of aliphatic hydroxyl groups excluding tert-OH is 1. The van der Waals surface area contributed by atoms with Crippen LogP contribution in [-0.4, -0.2) is 55.6 Å². The van der Waals surface area contributed by atoms with Gasteiger partial charge < -0.3 is 25.0 Å². The Balaban J connectivity index is 1.43. The van der Waals surface area contributed by atoms with Crippen LogP contribution in [0.15, 0.2) is 42.9 Å². The molecule has 3 heterocycles. The smallest absolute Gasteiger partial charge is 0.389 e. The maximum atomic E-state index is 12.9. The van der Waals surface area contributed by atoms with Gasteiger partial charge in [0, 0.05) is 25.3 Å². The molecule has 1 aliphatic heterocycles. The molecule has 33 heavy (non-hydrogen) atoms. The number of benzene rings is 1. The van der Waals surface area contributed by atoms with Crippen molar-refractivity contribution < 1.29 is 23.4 Å². The van der Waals surface area contributed by atoms with Crippen molar-refractivity contribution in [3.8, 4) is 0 Å². The van der Waals surface area contributed by atoms with Gasteiger partial charge in [-0.15, -0.1) is 0 Å². The Morgan fingerprint density at radius 1 is 1.15 bits per heavy atom. The summed E-state index contributed by atoms with van der Waals surface area (Å²) in [6, 6.07) is 7.40. The van der Waals surface area contributed by atoms with E-state index in [1.165, 1.54) is 18.5 Å². The topological polar surface area (TPSA) is 86.4 Å². The molecule has 0 spiro atoms. The second kappa shape index (κ2) is 8.27. The first-order valence-electron chi connectivity index (χ1n) is 11.1. The van der Waals surface area contributed by atoms with Crippen molar-refractivity contribution in [1.29, 1.82) is 0 Å². The van der Waals surface area contributed by atoms with Crippen LogP contribution in [0.5, 0.6) is 0 Å². The number of hydrogen-bond donors (Lipinski definition) is 3. The molecule has 7 nitrogen and oxygen atoms in total. The number of rotatable bonds is 6. The van der Waals surface area contributed by atoms with Gasteiger partial charge in [-0.1, -0.05) is 12.1 Å². The molecule has 0 bridgehead atoms. The van der Waals surface area contributed by atoms with Crippen LogP contribution in [0.4, 0.5) is 19.0 Å². The average Bonchev–Trinajstić information content (AvgIpc) is 3.55. The molecule has 5 rings (SSSR count). The Labute approximate surface area is 188 Å². The van der Waals surface area contributed by atoms with Crippen molar-refractivity contribution >= 4 is 16.9 Å². The number of nitrogens with zero attached hydrogens (tertiary/aromatic N) is 4. The zero-order valence-electron chi connectivity index (χ0n) is 18.0. The van der Waals surface area contributed by atoms with Gasteiger partial charge in [0.1, 0.15) is 23.4 Å². The van der Waals surface area contributed by atoms with Crippen LogP contribution < -0.4 is 10.2 Å². The number of aromatic nitrogens is 3. The van der Waals surface area contributed by atoms with E-state index < -0.39 is 23.4 Å². The highest BCUT2D eigenvalue weighted by molar-refractivity contribution is 5.88. The van der Waals surface area contributed by atoms with E-state index in [0.29, 0.717) is 31.7 Å². The molecule has 1 aromatic carbocycles. The van der Waals surface area contributed by atoms with E-state index in [-0.39, 0.29) is 12.6 Å². The summed E-state index contributed by atoms with van der Waals surface area (Å²) < 4.78 is 40.6. The summed E-state index contributed by atoms with van der Waals surface area (Å²) in [5, 5.41) is 25.2. The Kier molecular flexibility index (Phi) is 5.54. The SMILES string of the molecule is OC1CNCCC1(O)Cn1ccc2c(N(Cc3ccc(C(F)(F)F)cc3)C3CC3)ncnc21. The fraction of sp³-hybridized carbons (Fsp3) is 0.478. The Morgan fingerprint density at radius 3 is 2.58 bits per heavy atom. The highest BCUT2D eigenvalue weighted by Crippen LogP contribution is 2.36. The van der Waals surface area contributed by atoms with Crippen molar-refractivity contribution in [2.75, 3.05) is 18.0 Å². The maximum absolute atomic E-state index is 12.9. The van der Waals surface area contributed by atoms with Crippen LogP contribution in [0.25, 0.3) is 11.0 Å². The van der Waals surface area contributed by atoms with E-state index >= 15 is 0 Å². The first-order chi connectivity index (χ1) is 15.7. The molecule has 1 aliphatic carbocycles. The third kappa shape index (κ3) is 4.42. The molecule has 1 saturated heterocycles. The van der Waals surface area contributed by atoms with Crippen molar-refractivity contribution in [2.24, 2.45) is 0 Å². The van der Waals surface area contributed by atoms with Gasteiger partial charge in [-0.25, -0.2) is 9.97 Å². The van der Waals surface area contributed by atoms with E-state index in [2.05, 4.69) is 20.2 Å². The minimum atomic E-state index is -4.36. The summed E-state index contributed by atoms with van der Waals surface area (Å²) in [7, 11) is 0. The van der Waals surface area contributed by atoms with Crippen LogP contribution in [0.1, 0.15) is 30.4 Å². The molecule has 176 valence electrons. The number of nitrogens with one attached hydrogen (secondary N) is 1. The summed E-state index contributed by atoms with van der Waals surface area (Å²) in [6.07, 6.45) is 0.471. The maximum Gasteiger partial charge on any atom is 0.416 e. The van der Waals surface area contributed by atoms with Crippen LogP contribution in [-0.2, 0) is 19.3 Å². The summed E-state index contributed by atoms with van der Waals surface area (Å²) >= 11 is 0. The predicted molar refractivity (Wildman–Crippen MR) is 117 cm³/mol. The van der Waals surface area contributed by atoms with Gasteiger partial charge in [-0.3, -0.25) is 0 Å². The van der Waals surface area contributed by atoms with Crippen molar-refractivity contribution in [2.45, 2.75) is 56.3 Å². The number of halogens is 3. The van der Waals surface area contributed by atoms with Crippen LogP contribution in [0.3, 0.4) is 0 Å². The minimum absolute atomic E-state index is 0.206. The van der Waals surface area contributed by atoms with Gasteiger partial charge in [0.05, 0.1) is 23.6 Å². The first kappa shape index (κ1) is 22.1. The van der Waals surface area contributed by atoms with E-state index in [9.17, 15) is 23.4 Å². The van der Waals surface area contributed by atoms with Gasteiger partial charge in [0.2, 0.25) is 0 Å². The number of β-amino-alcohol motifs (C(OH)–C–C–N with tert-alkyl or cyclic N) is 1. The Bertz CT molecular complexity index is 1130. The quantitative estimate of drug-likeness (QED) is 0.524. The fourth-order valence-corrected chi connectivity index (χ4v) is 4.49. The lowest BCUT2D eigenvalue weighted by molar-refractivity contribution is -0.137. The molecule has 0 amide bonds. The molecule has 2 fully saturated rings. The number of piperidine rings is 1. The predicted octanol–water partition coefficient (Wildman–Crippen LogP) is 2.70. The molecule has 0 radical (unpaired) electrons. The lowest BCUT2D eigenvalue weighted by Crippen LogP contribution is -2.56.